The average Bonchev–Trinajstić information content (AvgIpc) is 2.44. The van der Waals surface area contributed by atoms with Crippen LogP contribution in [0.15, 0.2) is 24.3 Å². The van der Waals surface area contributed by atoms with Gasteiger partial charge in [-0.3, -0.25) is 0 Å². The molecule has 0 radical (unpaired) electrons. The molecule has 15 heavy (non-hydrogen) atoms. The summed E-state index contributed by atoms with van der Waals surface area (Å²) in [7, 11) is 0. The highest BCUT2D eigenvalue weighted by molar-refractivity contribution is 5.25. The van der Waals surface area contributed by atoms with E-state index in [0.717, 1.165) is 0 Å². The van der Waals surface area contributed by atoms with Gasteiger partial charge in [-0.05, 0) is 31.2 Å². The minimum Gasteiger partial charge on any atom is -0.327 e. The molecular weight excluding hydrogens is 182 g/mol. The number of nitrogens with two attached hydrogens (primary N) is 1. The summed E-state index contributed by atoms with van der Waals surface area (Å²) in [6.07, 6.45) is 6.47. The van der Waals surface area contributed by atoms with Crippen LogP contribution in [0.25, 0.3) is 0 Å². The first kappa shape index (κ1) is 10.7. The molecule has 2 unspecified atom stereocenters. The maximum atomic E-state index is 6.25. The van der Waals surface area contributed by atoms with Crippen molar-refractivity contribution in [2.45, 2.75) is 51.0 Å². The lowest BCUT2D eigenvalue weighted by molar-refractivity contribution is 0.505. The summed E-state index contributed by atoms with van der Waals surface area (Å²) in [6.45, 7) is 2.14. The third-order valence-corrected chi connectivity index (χ3v) is 3.57. The maximum Gasteiger partial charge on any atom is 0.0108 e. The second-order valence-electron chi connectivity index (χ2n) is 4.82. The summed E-state index contributed by atoms with van der Waals surface area (Å²) in [5, 5.41) is 0. The third-order valence-electron chi connectivity index (χ3n) is 3.57. The SMILES string of the molecule is Cc1ccc(C2CCCCCC2N)cc1. The average molecular weight is 203 g/mol. The van der Waals surface area contributed by atoms with E-state index >= 15 is 0 Å². The van der Waals surface area contributed by atoms with Crippen molar-refractivity contribution in [1.29, 1.82) is 0 Å². The highest BCUT2D eigenvalue weighted by atomic mass is 14.6. The molecule has 1 aromatic carbocycles. The Balaban J connectivity index is 2.16. The van der Waals surface area contributed by atoms with E-state index < -0.39 is 0 Å². The van der Waals surface area contributed by atoms with E-state index in [1.165, 1.54) is 43.2 Å². The first-order chi connectivity index (χ1) is 7.27. The van der Waals surface area contributed by atoms with E-state index in [1.54, 1.807) is 0 Å². The molecule has 82 valence electrons. The second-order valence-corrected chi connectivity index (χ2v) is 4.82. The third kappa shape index (κ3) is 2.60. The van der Waals surface area contributed by atoms with Crippen LogP contribution >= 0.6 is 0 Å². The number of rotatable bonds is 1. The van der Waals surface area contributed by atoms with Gasteiger partial charge in [0.25, 0.3) is 0 Å². The summed E-state index contributed by atoms with van der Waals surface area (Å²) in [4.78, 5) is 0. The van der Waals surface area contributed by atoms with Crippen LogP contribution < -0.4 is 5.73 Å². The molecule has 2 atom stereocenters. The summed E-state index contributed by atoms with van der Waals surface area (Å²) >= 11 is 0. The van der Waals surface area contributed by atoms with Crippen LogP contribution in [0.5, 0.6) is 0 Å². The lowest BCUT2D eigenvalue weighted by Gasteiger charge is -2.21. The van der Waals surface area contributed by atoms with Crippen molar-refractivity contribution >= 4 is 0 Å². The molecule has 0 bridgehead atoms. The fourth-order valence-corrected chi connectivity index (χ4v) is 2.56. The Morgan fingerprint density at radius 1 is 1.00 bits per heavy atom. The number of benzene rings is 1. The van der Waals surface area contributed by atoms with Crippen LogP contribution in [0.4, 0.5) is 0 Å². The van der Waals surface area contributed by atoms with Gasteiger partial charge in [-0.15, -0.1) is 0 Å². The fraction of sp³-hybridized carbons (Fsp3) is 0.571. The van der Waals surface area contributed by atoms with Gasteiger partial charge < -0.3 is 5.73 Å². The quantitative estimate of drug-likeness (QED) is 0.696. The Morgan fingerprint density at radius 3 is 2.40 bits per heavy atom. The highest BCUT2D eigenvalue weighted by Crippen LogP contribution is 2.30. The number of hydrogen-bond donors (Lipinski definition) is 1. The first-order valence-electron chi connectivity index (χ1n) is 6.09. The summed E-state index contributed by atoms with van der Waals surface area (Å²) in [6, 6.07) is 9.28. The summed E-state index contributed by atoms with van der Waals surface area (Å²) in [5.74, 6) is 0.591. The van der Waals surface area contributed by atoms with Crippen LogP contribution in [0.3, 0.4) is 0 Å². The molecule has 0 heterocycles. The van der Waals surface area contributed by atoms with Gasteiger partial charge in [-0.25, -0.2) is 0 Å². The molecule has 0 spiro atoms. The molecule has 0 saturated heterocycles. The van der Waals surface area contributed by atoms with Crippen molar-refractivity contribution in [3.05, 3.63) is 35.4 Å². The summed E-state index contributed by atoms with van der Waals surface area (Å²) in [5.41, 5.74) is 9.02. The van der Waals surface area contributed by atoms with Gasteiger partial charge in [0.2, 0.25) is 0 Å². The van der Waals surface area contributed by atoms with E-state index in [2.05, 4.69) is 31.2 Å². The van der Waals surface area contributed by atoms with E-state index in [9.17, 15) is 0 Å². The molecule has 0 aromatic heterocycles. The Bertz CT molecular complexity index is 302. The van der Waals surface area contributed by atoms with Crippen molar-refractivity contribution in [2.75, 3.05) is 0 Å². The highest BCUT2D eigenvalue weighted by Gasteiger charge is 2.21. The predicted molar refractivity (Wildman–Crippen MR) is 65.0 cm³/mol. The normalized spacial score (nSPS) is 27.3. The number of aryl methyl sites for hydroxylation is 1. The van der Waals surface area contributed by atoms with E-state index in [1.807, 2.05) is 0 Å². The zero-order valence-electron chi connectivity index (χ0n) is 9.58. The zero-order chi connectivity index (χ0) is 10.7. The lowest BCUT2D eigenvalue weighted by Crippen LogP contribution is -2.27. The molecule has 0 amide bonds. The van der Waals surface area contributed by atoms with Crippen LogP contribution in [0, 0.1) is 6.92 Å². The van der Waals surface area contributed by atoms with Crippen LogP contribution in [-0.2, 0) is 0 Å². The van der Waals surface area contributed by atoms with Crippen LogP contribution in [0.1, 0.15) is 49.1 Å². The molecule has 1 aliphatic carbocycles. The van der Waals surface area contributed by atoms with Crippen molar-refractivity contribution < 1.29 is 0 Å². The molecule has 1 heteroatoms. The molecule has 1 saturated carbocycles. The molecule has 0 aliphatic heterocycles. The van der Waals surface area contributed by atoms with Gasteiger partial charge in [0.1, 0.15) is 0 Å². The molecule has 2 N–H and O–H groups in total. The largest absolute Gasteiger partial charge is 0.327 e. The second kappa shape index (κ2) is 4.80. The zero-order valence-corrected chi connectivity index (χ0v) is 9.58. The van der Waals surface area contributed by atoms with Crippen molar-refractivity contribution in [2.24, 2.45) is 5.73 Å². The maximum absolute atomic E-state index is 6.25. The molecular formula is C14H21N. The Morgan fingerprint density at radius 2 is 1.67 bits per heavy atom. The van der Waals surface area contributed by atoms with E-state index in [4.69, 9.17) is 5.73 Å². The Labute approximate surface area is 92.7 Å². The minimum absolute atomic E-state index is 0.371. The van der Waals surface area contributed by atoms with E-state index in [0.29, 0.717) is 12.0 Å². The molecule has 1 aliphatic rings. The van der Waals surface area contributed by atoms with Crippen LogP contribution in [-0.4, -0.2) is 6.04 Å². The van der Waals surface area contributed by atoms with Crippen LogP contribution in [0.2, 0.25) is 0 Å². The smallest absolute Gasteiger partial charge is 0.0108 e. The van der Waals surface area contributed by atoms with Gasteiger partial charge >= 0.3 is 0 Å². The molecule has 1 nitrogen and oxygen atoms in total. The predicted octanol–water partition coefficient (Wildman–Crippen LogP) is 3.37. The van der Waals surface area contributed by atoms with Gasteiger partial charge in [0, 0.05) is 6.04 Å². The first-order valence-corrected chi connectivity index (χ1v) is 6.09. The Kier molecular flexibility index (Phi) is 3.42. The van der Waals surface area contributed by atoms with Gasteiger partial charge in [0.15, 0.2) is 0 Å². The molecule has 2 rings (SSSR count). The Hall–Kier alpha value is -0.820. The van der Waals surface area contributed by atoms with Crippen molar-refractivity contribution in [3.63, 3.8) is 0 Å². The van der Waals surface area contributed by atoms with Crippen molar-refractivity contribution in [3.8, 4) is 0 Å². The molecule has 1 fully saturated rings. The van der Waals surface area contributed by atoms with Gasteiger partial charge in [-0.1, -0.05) is 49.1 Å². The molecule has 1 aromatic rings. The van der Waals surface area contributed by atoms with E-state index in [-0.39, 0.29) is 0 Å². The summed E-state index contributed by atoms with van der Waals surface area (Å²) < 4.78 is 0. The standard InChI is InChI=1S/C14H21N/c1-11-7-9-12(10-8-11)13-5-3-2-4-6-14(13)15/h7-10,13-14H,2-6,15H2,1H3. The van der Waals surface area contributed by atoms with Gasteiger partial charge in [-0.2, -0.15) is 0 Å². The topological polar surface area (TPSA) is 26.0 Å². The van der Waals surface area contributed by atoms with Gasteiger partial charge in [0.05, 0.1) is 0 Å². The van der Waals surface area contributed by atoms with Crippen molar-refractivity contribution in [1.82, 2.24) is 0 Å². The monoisotopic (exact) mass is 203 g/mol. The minimum atomic E-state index is 0.371. The number of hydrogen-bond acceptors (Lipinski definition) is 1. The lowest BCUT2D eigenvalue weighted by atomic mass is 9.88. The fourth-order valence-electron chi connectivity index (χ4n) is 2.56.